The summed E-state index contributed by atoms with van der Waals surface area (Å²) in [6.07, 6.45) is 26.9. The van der Waals surface area contributed by atoms with Gasteiger partial charge in [0.2, 0.25) is 0 Å². The minimum absolute atomic E-state index is 0.489. The van der Waals surface area contributed by atoms with Crippen LogP contribution in [0.15, 0.2) is 130 Å². The summed E-state index contributed by atoms with van der Waals surface area (Å²) in [5.74, 6) is 0. The minimum Gasteiger partial charge on any atom is -0.390 e. The fraction of sp³-hybridized carbons (Fsp3) is 0.450. The molecule has 0 aliphatic heterocycles. The standard InChI is InChI=1S/C40H56O4/c1-27(17-13-19-29(3)21-23-33-31(5)25-35(41)37(43)39(33,7)8)15-11-12-16-28(2)18-14-20-30(4)22-24-34-32(6)26-36(42)38(44)40(34,9)10/h11-24,35-38,41-44H,25-26H2,1-10H3/t35-,36-,37+,38+/m1/s1. The average molecular weight is 601 g/mol. The molecule has 0 unspecified atom stereocenters. The maximum atomic E-state index is 10.4. The van der Waals surface area contributed by atoms with E-state index in [0.29, 0.717) is 12.8 Å². The van der Waals surface area contributed by atoms with Crippen molar-refractivity contribution in [3.05, 3.63) is 130 Å². The molecule has 4 N–H and O–H groups in total. The molecule has 0 fully saturated rings. The summed E-state index contributed by atoms with van der Waals surface area (Å²) in [6.45, 7) is 20.2. The van der Waals surface area contributed by atoms with Crippen LogP contribution >= 0.6 is 0 Å². The topological polar surface area (TPSA) is 80.9 Å². The van der Waals surface area contributed by atoms with E-state index in [1.807, 2.05) is 65.8 Å². The lowest BCUT2D eigenvalue weighted by molar-refractivity contribution is -0.0439. The molecule has 2 aliphatic carbocycles. The first-order valence-electron chi connectivity index (χ1n) is 15.7. The number of hydrogen-bond donors (Lipinski definition) is 4. The molecule has 0 bridgehead atoms. The quantitative estimate of drug-likeness (QED) is 0.190. The van der Waals surface area contributed by atoms with Gasteiger partial charge >= 0.3 is 0 Å². The van der Waals surface area contributed by atoms with Crippen molar-refractivity contribution in [2.75, 3.05) is 0 Å². The van der Waals surface area contributed by atoms with Crippen LogP contribution in [0.4, 0.5) is 0 Å². The zero-order valence-corrected chi connectivity index (χ0v) is 28.6. The third-order valence-electron chi connectivity index (χ3n) is 8.84. The Labute approximate surface area is 267 Å². The van der Waals surface area contributed by atoms with E-state index in [2.05, 4.69) is 88.5 Å². The maximum absolute atomic E-state index is 10.4. The second-order valence-corrected chi connectivity index (χ2v) is 13.7. The number of allylic oxidation sites excluding steroid dienone is 18. The summed E-state index contributed by atoms with van der Waals surface area (Å²) >= 11 is 0. The highest BCUT2D eigenvalue weighted by Crippen LogP contribution is 2.42. The highest BCUT2D eigenvalue weighted by atomic mass is 16.3. The molecule has 4 nitrogen and oxygen atoms in total. The molecular formula is C40H56O4. The van der Waals surface area contributed by atoms with E-state index in [1.54, 1.807) is 0 Å². The van der Waals surface area contributed by atoms with E-state index in [-0.39, 0.29) is 0 Å². The van der Waals surface area contributed by atoms with E-state index in [9.17, 15) is 20.4 Å². The highest BCUT2D eigenvalue weighted by molar-refractivity contribution is 5.40. The van der Waals surface area contributed by atoms with Gasteiger partial charge in [-0.1, -0.05) is 146 Å². The van der Waals surface area contributed by atoms with E-state index < -0.39 is 35.2 Å². The van der Waals surface area contributed by atoms with Gasteiger partial charge in [0.15, 0.2) is 0 Å². The van der Waals surface area contributed by atoms with Gasteiger partial charge in [0.1, 0.15) is 0 Å². The van der Waals surface area contributed by atoms with Crippen molar-refractivity contribution in [2.45, 2.75) is 106 Å². The monoisotopic (exact) mass is 600 g/mol. The summed E-state index contributed by atoms with van der Waals surface area (Å²) in [7, 11) is 0. The Bertz CT molecular complexity index is 1260. The van der Waals surface area contributed by atoms with Crippen molar-refractivity contribution in [2.24, 2.45) is 10.8 Å². The van der Waals surface area contributed by atoms with E-state index in [0.717, 1.165) is 44.6 Å². The molecule has 44 heavy (non-hydrogen) atoms. The number of aliphatic hydroxyl groups is 4. The van der Waals surface area contributed by atoms with Gasteiger partial charge in [-0.3, -0.25) is 0 Å². The third kappa shape index (κ3) is 10.3. The molecule has 2 aliphatic rings. The van der Waals surface area contributed by atoms with Gasteiger partial charge in [0.25, 0.3) is 0 Å². The average Bonchev–Trinajstić information content (AvgIpc) is 2.92. The second-order valence-electron chi connectivity index (χ2n) is 13.7. The van der Waals surface area contributed by atoms with Crippen LogP contribution in [0.2, 0.25) is 0 Å². The zero-order chi connectivity index (χ0) is 33.2. The van der Waals surface area contributed by atoms with Crippen molar-refractivity contribution in [1.82, 2.24) is 0 Å². The van der Waals surface area contributed by atoms with Crippen LogP contribution in [-0.4, -0.2) is 44.8 Å². The molecule has 0 saturated carbocycles. The lowest BCUT2D eigenvalue weighted by Gasteiger charge is -2.40. The Kier molecular flexibility index (Phi) is 13.8. The summed E-state index contributed by atoms with van der Waals surface area (Å²) in [5.41, 5.74) is 7.93. The van der Waals surface area contributed by atoms with Crippen LogP contribution in [0.5, 0.6) is 0 Å². The lowest BCUT2D eigenvalue weighted by Crippen LogP contribution is -2.44. The predicted octanol–water partition coefficient (Wildman–Crippen LogP) is 8.49. The SMILES string of the molecule is CC(C=CC=C(C)C=CC1=C(C)C[C@@H](O)[C@H](O)C1(C)C)=CC=CC=C(C)C=CC=C(C)C=CC1=C(C)C[C@@H](O)[C@H](O)C1(C)C. The molecule has 0 radical (unpaired) electrons. The molecule has 2 rings (SSSR count). The van der Waals surface area contributed by atoms with Crippen molar-refractivity contribution >= 4 is 0 Å². The highest BCUT2D eigenvalue weighted by Gasteiger charge is 2.41. The molecule has 0 spiro atoms. The van der Waals surface area contributed by atoms with Crippen molar-refractivity contribution < 1.29 is 20.4 Å². The second kappa shape index (κ2) is 16.3. The fourth-order valence-electron chi connectivity index (χ4n) is 5.93. The van der Waals surface area contributed by atoms with Gasteiger partial charge in [0, 0.05) is 10.8 Å². The van der Waals surface area contributed by atoms with Gasteiger partial charge in [-0.2, -0.15) is 0 Å². The molecule has 240 valence electrons. The lowest BCUT2D eigenvalue weighted by atomic mass is 9.69. The first-order chi connectivity index (χ1) is 20.5. The number of aliphatic hydroxyl groups excluding tert-OH is 4. The Hall–Kier alpha value is -3.02. The van der Waals surface area contributed by atoms with Crippen LogP contribution < -0.4 is 0 Å². The van der Waals surface area contributed by atoms with E-state index in [1.165, 1.54) is 0 Å². The van der Waals surface area contributed by atoms with Gasteiger partial charge in [0.05, 0.1) is 24.4 Å². The molecule has 0 saturated heterocycles. The first-order valence-corrected chi connectivity index (χ1v) is 15.7. The Morgan fingerprint density at radius 3 is 1.16 bits per heavy atom. The Morgan fingerprint density at radius 2 is 0.818 bits per heavy atom. The van der Waals surface area contributed by atoms with E-state index >= 15 is 0 Å². The first kappa shape index (κ1) is 37.2. The van der Waals surface area contributed by atoms with Crippen LogP contribution in [0.1, 0.15) is 82.1 Å². The normalized spacial score (nSPS) is 27.9. The molecule has 0 heterocycles. The van der Waals surface area contributed by atoms with Crippen molar-refractivity contribution in [3.63, 3.8) is 0 Å². The fourth-order valence-corrected chi connectivity index (χ4v) is 5.93. The van der Waals surface area contributed by atoms with Gasteiger partial charge in [-0.05, 0) is 65.5 Å². The van der Waals surface area contributed by atoms with Gasteiger partial charge in [-0.15, -0.1) is 0 Å². The van der Waals surface area contributed by atoms with Crippen LogP contribution in [0.25, 0.3) is 0 Å². The van der Waals surface area contributed by atoms with Crippen LogP contribution in [0.3, 0.4) is 0 Å². The number of rotatable bonds is 10. The minimum atomic E-state index is -0.768. The number of hydrogen-bond acceptors (Lipinski definition) is 4. The predicted molar refractivity (Wildman–Crippen MR) is 187 cm³/mol. The van der Waals surface area contributed by atoms with Gasteiger partial charge in [-0.25, -0.2) is 0 Å². The third-order valence-corrected chi connectivity index (χ3v) is 8.84. The summed E-state index contributed by atoms with van der Waals surface area (Å²) in [5, 5.41) is 41.1. The maximum Gasteiger partial charge on any atom is 0.0893 e. The van der Waals surface area contributed by atoms with Crippen molar-refractivity contribution in [1.29, 1.82) is 0 Å². The molecule has 4 atom stereocenters. The summed E-state index contributed by atoms with van der Waals surface area (Å²) in [6, 6.07) is 0. The summed E-state index contributed by atoms with van der Waals surface area (Å²) in [4.78, 5) is 0. The molecule has 0 aromatic heterocycles. The largest absolute Gasteiger partial charge is 0.390 e. The van der Waals surface area contributed by atoms with Crippen LogP contribution in [-0.2, 0) is 0 Å². The summed E-state index contributed by atoms with van der Waals surface area (Å²) < 4.78 is 0. The van der Waals surface area contributed by atoms with Crippen molar-refractivity contribution in [3.8, 4) is 0 Å². The zero-order valence-electron chi connectivity index (χ0n) is 28.6. The Morgan fingerprint density at radius 1 is 0.523 bits per heavy atom. The molecule has 0 aromatic rings. The molecule has 4 heteroatoms. The molecular weight excluding hydrogens is 544 g/mol. The molecule has 0 aromatic carbocycles. The van der Waals surface area contributed by atoms with Crippen LogP contribution in [0, 0.1) is 10.8 Å². The molecule has 0 amide bonds. The van der Waals surface area contributed by atoms with Gasteiger partial charge < -0.3 is 20.4 Å². The van der Waals surface area contributed by atoms with E-state index in [4.69, 9.17) is 0 Å². The smallest absolute Gasteiger partial charge is 0.0893 e. The Balaban J connectivity index is 1.94.